The van der Waals surface area contributed by atoms with Crippen molar-refractivity contribution in [2.75, 3.05) is 0 Å². The molecule has 1 heterocycles. The van der Waals surface area contributed by atoms with Gasteiger partial charge in [0.15, 0.2) is 5.78 Å². The molecule has 0 unspecified atom stereocenters. The quantitative estimate of drug-likeness (QED) is 0.269. The van der Waals surface area contributed by atoms with Crippen molar-refractivity contribution in [3.8, 4) is 0 Å². The summed E-state index contributed by atoms with van der Waals surface area (Å²) in [6.07, 6.45) is 1.90. The van der Waals surface area contributed by atoms with Crippen molar-refractivity contribution in [1.29, 1.82) is 0 Å². The largest absolute Gasteiger partial charge is 0.292 e. The Hall–Kier alpha value is -3.88. The van der Waals surface area contributed by atoms with Crippen LogP contribution >= 0.6 is 0 Å². The van der Waals surface area contributed by atoms with E-state index >= 15 is 0 Å². The molecule has 0 bridgehead atoms. The number of rotatable bonds is 6. The first kappa shape index (κ1) is 24.3. The number of nitro benzene ring substituents is 1. The number of imide groups is 1. The topological polar surface area (TPSA) is 118 Å². The fourth-order valence-corrected chi connectivity index (χ4v) is 4.95. The first-order valence-corrected chi connectivity index (χ1v) is 11.7. The van der Waals surface area contributed by atoms with Gasteiger partial charge in [-0.3, -0.25) is 29.3 Å². The van der Waals surface area contributed by atoms with Crippen LogP contribution in [-0.2, 0) is 9.59 Å². The van der Waals surface area contributed by atoms with Crippen molar-refractivity contribution >= 4 is 29.2 Å². The van der Waals surface area contributed by atoms with Crippen LogP contribution in [0.2, 0.25) is 0 Å². The SMILES string of the molecule is Cc1ccc(C(=O)[C@H](C)N(C(=O)c2ccc([N+](=O)[O-])cc2)N2C(=O)[C@@H]3CC[C@H](C)C[C@H]3C2=O)cc1. The molecule has 1 saturated heterocycles. The maximum absolute atomic E-state index is 13.7. The lowest BCUT2D eigenvalue weighted by molar-refractivity contribution is -0.384. The summed E-state index contributed by atoms with van der Waals surface area (Å²) in [6.45, 7) is 5.39. The first-order valence-electron chi connectivity index (χ1n) is 11.7. The zero-order valence-electron chi connectivity index (χ0n) is 19.8. The monoisotopic (exact) mass is 477 g/mol. The molecule has 35 heavy (non-hydrogen) atoms. The summed E-state index contributed by atoms with van der Waals surface area (Å²) in [6, 6.07) is 10.5. The van der Waals surface area contributed by atoms with Crippen molar-refractivity contribution in [3.63, 3.8) is 0 Å². The standard InChI is InChI=1S/C26H27N3O6/c1-15-4-7-18(8-5-15)23(30)17(3)27(24(31)19-9-11-20(12-10-19)29(34)35)28-25(32)21-13-6-16(2)14-22(21)26(28)33/h4-5,7-12,16-17,21-22H,6,13-14H2,1-3H3/t16-,17-,21+,22+/m0/s1. The van der Waals surface area contributed by atoms with Gasteiger partial charge in [0, 0.05) is 23.3 Å². The van der Waals surface area contributed by atoms with Crippen LogP contribution in [0.4, 0.5) is 5.69 Å². The second-order valence-electron chi connectivity index (χ2n) is 9.48. The molecule has 2 fully saturated rings. The molecule has 0 radical (unpaired) electrons. The molecular formula is C26H27N3O6. The van der Waals surface area contributed by atoms with E-state index in [2.05, 4.69) is 0 Å². The number of aryl methyl sites for hydroxylation is 1. The van der Waals surface area contributed by atoms with Crippen LogP contribution < -0.4 is 0 Å². The Morgan fingerprint density at radius 2 is 1.54 bits per heavy atom. The van der Waals surface area contributed by atoms with Gasteiger partial charge >= 0.3 is 0 Å². The number of amides is 3. The van der Waals surface area contributed by atoms with E-state index < -0.39 is 46.3 Å². The lowest BCUT2D eigenvalue weighted by Crippen LogP contribution is -2.56. The number of carbonyl (C=O) groups excluding carboxylic acids is 4. The van der Waals surface area contributed by atoms with Gasteiger partial charge in [0.25, 0.3) is 23.4 Å². The minimum absolute atomic E-state index is 0.0306. The maximum atomic E-state index is 13.7. The lowest BCUT2D eigenvalue weighted by Gasteiger charge is -2.34. The van der Waals surface area contributed by atoms with Crippen LogP contribution in [0.5, 0.6) is 0 Å². The van der Waals surface area contributed by atoms with Crippen LogP contribution in [0.3, 0.4) is 0 Å². The van der Waals surface area contributed by atoms with Crippen LogP contribution in [0.1, 0.15) is 59.4 Å². The minimum atomic E-state index is -1.16. The number of non-ortho nitro benzene ring substituents is 1. The molecule has 2 aromatic carbocycles. The molecule has 9 nitrogen and oxygen atoms in total. The molecule has 4 atom stereocenters. The van der Waals surface area contributed by atoms with E-state index in [4.69, 9.17) is 0 Å². The average Bonchev–Trinajstić information content (AvgIpc) is 3.08. The van der Waals surface area contributed by atoms with Crippen molar-refractivity contribution in [2.45, 2.75) is 46.1 Å². The summed E-state index contributed by atoms with van der Waals surface area (Å²) in [5.41, 5.74) is 1.12. The number of hydrogen-bond donors (Lipinski definition) is 0. The van der Waals surface area contributed by atoms with Gasteiger partial charge in [0.05, 0.1) is 16.8 Å². The van der Waals surface area contributed by atoms with Crippen LogP contribution in [-0.4, -0.2) is 44.5 Å². The number of carbonyl (C=O) groups is 4. The third kappa shape index (κ3) is 4.45. The highest BCUT2D eigenvalue weighted by atomic mass is 16.6. The van der Waals surface area contributed by atoms with Gasteiger partial charge in [-0.1, -0.05) is 36.8 Å². The number of benzene rings is 2. The van der Waals surface area contributed by atoms with E-state index in [9.17, 15) is 29.3 Å². The minimum Gasteiger partial charge on any atom is -0.292 e. The molecular weight excluding hydrogens is 450 g/mol. The van der Waals surface area contributed by atoms with Gasteiger partial charge in [-0.2, -0.15) is 5.01 Å². The molecule has 3 amide bonds. The average molecular weight is 478 g/mol. The molecule has 182 valence electrons. The van der Waals surface area contributed by atoms with Crippen molar-refractivity contribution < 1.29 is 24.1 Å². The first-order chi connectivity index (χ1) is 16.6. The number of ketones is 1. The maximum Gasteiger partial charge on any atom is 0.273 e. The molecule has 0 spiro atoms. The predicted octanol–water partition coefficient (Wildman–Crippen LogP) is 3.95. The fraction of sp³-hybridized carbons (Fsp3) is 0.385. The number of hydrogen-bond acceptors (Lipinski definition) is 6. The molecule has 4 rings (SSSR count). The Kier molecular flexibility index (Phi) is 6.51. The van der Waals surface area contributed by atoms with Gasteiger partial charge in [-0.25, -0.2) is 5.01 Å². The van der Waals surface area contributed by atoms with Gasteiger partial charge in [0.2, 0.25) is 0 Å². The zero-order valence-corrected chi connectivity index (χ0v) is 19.8. The lowest BCUT2D eigenvalue weighted by atomic mass is 9.76. The summed E-state index contributed by atoms with van der Waals surface area (Å²) in [5.74, 6) is -2.91. The Morgan fingerprint density at radius 3 is 2.14 bits per heavy atom. The molecule has 1 aliphatic carbocycles. The molecule has 2 aromatic rings. The van der Waals surface area contributed by atoms with E-state index in [0.29, 0.717) is 18.4 Å². The highest BCUT2D eigenvalue weighted by Gasteiger charge is 2.54. The van der Waals surface area contributed by atoms with Crippen molar-refractivity contribution in [1.82, 2.24) is 10.0 Å². The summed E-state index contributed by atoms with van der Waals surface area (Å²) in [7, 11) is 0. The highest BCUT2D eigenvalue weighted by Crippen LogP contribution is 2.41. The Bertz CT molecular complexity index is 1190. The van der Waals surface area contributed by atoms with E-state index in [0.717, 1.165) is 22.0 Å². The zero-order chi connectivity index (χ0) is 25.4. The number of nitrogens with zero attached hydrogens (tertiary/aromatic N) is 3. The third-order valence-electron chi connectivity index (χ3n) is 7.00. The summed E-state index contributed by atoms with van der Waals surface area (Å²) in [4.78, 5) is 64.3. The molecule has 2 aliphatic rings. The smallest absolute Gasteiger partial charge is 0.273 e. The van der Waals surface area contributed by atoms with E-state index in [1.54, 1.807) is 24.3 Å². The van der Waals surface area contributed by atoms with Crippen LogP contribution in [0, 0.1) is 34.8 Å². The Labute approximate surface area is 202 Å². The van der Waals surface area contributed by atoms with Gasteiger partial charge < -0.3 is 0 Å². The van der Waals surface area contributed by atoms with E-state index in [1.165, 1.54) is 31.2 Å². The van der Waals surface area contributed by atoms with Crippen molar-refractivity contribution in [2.24, 2.45) is 17.8 Å². The molecule has 1 aliphatic heterocycles. The number of fused-ring (bicyclic) bond motifs is 1. The highest BCUT2D eigenvalue weighted by molar-refractivity contribution is 6.10. The predicted molar refractivity (Wildman–Crippen MR) is 126 cm³/mol. The summed E-state index contributed by atoms with van der Waals surface area (Å²) < 4.78 is 0. The number of hydrazine groups is 1. The third-order valence-corrected chi connectivity index (χ3v) is 7.00. The molecule has 9 heteroatoms. The summed E-state index contributed by atoms with van der Waals surface area (Å²) in [5, 5.41) is 12.8. The van der Waals surface area contributed by atoms with Gasteiger partial charge in [0.1, 0.15) is 6.04 Å². The molecule has 1 saturated carbocycles. The van der Waals surface area contributed by atoms with Crippen LogP contribution in [0.15, 0.2) is 48.5 Å². The van der Waals surface area contributed by atoms with Gasteiger partial charge in [-0.05, 0) is 51.2 Å². The van der Waals surface area contributed by atoms with Crippen molar-refractivity contribution in [3.05, 3.63) is 75.3 Å². The van der Waals surface area contributed by atoms with Gasteiger partial charge in [-0.15, -0.1) is 0 Å². The number of Topliss-reactive ketones (excluding diaryl/α,β-unsaturated/α-hetero) is 1. The molecule has 0 N–H and O–H groups in total. The normalized spacial score (nSPS) is 22.5. The van der Waals surface area contributed by atoms with Crippen LogP contribution in [0.25, 0.3) is 0 Å². The van der Waals surface area contributed by atoms with E-state index in [-0.39, 0.29) is 17.2 Å². The summed E-state index contributed by atoms with van der Waals surface area (Å²) >= 11 is 0. The second-order valence-corrected chi connectivity index (χ2v) is 9.48. The Morgan fingerprint density at radius 1 is 0.971 bits per heavy atom. The second kappa shape index (κ2) is 9.40. The fourth-order valence-electron chi connectivity index (χ4n) is 4.95. The number of nitro groups is 1. The molecule has 0 aromatic heterocycles. The van der Waals surface area contributed by atoms with E-state index in [1.807, 2.05) is 13.8 Å². The Balaban J connectivity index is 1.74.